The van der Waals surface area contributed by atoms with Gasteiger partial charge < -0.3 is 18.9 Å². The topological polar surface area (TPSA) is 258 Å². The fourth-order valence-electron chi connectivity index (χ4n) is 8.97. The smallest absolute Gasteiger partial charge is 0.462 e. The van der Waals surface area contributed by atoms with E-state index in [4.69, 9.17) is 46.1 Å². The lowest BCUT2D eigenvalue weighted by atomic mass is 10.1. The van der Waals surface area contributed by atoms with E-state index in [1.54, 1.807) is 0 Å². The third-order valence-electron chi connectivity index (χ3n) is 13.9. The highest BCUT2D eigenvalue weighted by Crippen LogP contribution is 2.51. The number of nitrogens with zero attached hydrogens (tertiary/aromatic N) is 6. The number of rotatable bonds is 66. The molecule has 484 valence electrons. The summed E-state index contributed by atoms with van der Waals surface area (Å²) in [5.74, 6) is -0.367. The summed E-state index contributed by atoms with van der Waals surface area (Å²) >= 11 is 0. The van der Waals surface area contributed by atoms with Gasteiger partial charge in [-0.1, -0.05) is 204 Å². The van der Waals surface area contributed by atoms with Crippen LogP contribution in [0.15, 0.2) is 35.5 Å². The Morgan fingerprint density at radius 2 is 0.723 bits per heavy atom. The van der Waals surface area contributed by atoms with Gasteiger partial charge in [0.15, 0.2) is 0 Å². The van der Waals surface area contributed by atoms with Gasteiger partial charge in [-0.15, -0.1) is 13.2 Å². The molecule has 20 nitrogen and oxygen atoms in total. The van der Waals surface area contributed by atoms with Gasteiger partial charge in [0.2, 0.25) is 0 Å². The van der Waals surface area contributed by atoms with Crippen molar-refractivity contribution < 1.29 is 64.8 Å². The van der Waals surface area contributed by atoms with Crippen molar-refractivity contribution in [3.63, 3.8) is 0 Å². The van der Waals surface area contributed by atoms with Crippen molar-refractivity contribution in [3.05, 3.63) is 46.2 Å². The molecular weight excluding hydrogens is 1100 g/mol. The van der Waals surface area contributed by atoms with E-state index < -0.39 is 27.7 Å². The van der Waals surface area contributed by atoms with Crippen LogP contribution >= 0.6 is 15.6 Å². The first kappa shape index (κ1) is 80.2. The summed E-state index contributed by atoms with van der Waals surface area (Å²) in [5.41, 5.74) is 18.6. The maximum Gasteiger partial charge on any atom is 0.475 e. The molecule has 0 aromatic rings. The van der Waals surface area contributed by atoms with Crippen molar-refractivity contribution >= 4 is 27.6 Å². The monoisotopic (exact) mass is 1220 g/mol. The molecule has 0 aromatic carbocycles. The summed E-state index contributed by atoms with van der Waals surface area (Å²) in [6.45, 7) is 15.5. The number of hydrogen-bond donors (Lipinski definition) is 0. The summed E-state index contributed by atoms with van der Waals surface area (Å²) < 4.78 is 84.2. The summed E-state index contributed by atoms with van der Waals surface area (Å²) in [6, 6.07) is -1.72. The predicted molar refractivity (Wildman–Crippen MR) is 332 cm³/mol. The van der Waals surface area contributed by atoms with Crippen LogP contribution in [0.4, 0.5) is 0 Å². The molecule has 0 aliphatic carbocycles. The molecule has 22 heteroatoms. The second kappa shape index (κ2) is 59.5. The zero-order valence-corrected chi connectivity index (χ0v) is 54.2. The third kappa shape index (κ3) is 52.1. The molecule has 0 N–H and O–H groups in total. The Labute approximate surface area is 502 Å². The van der Waals surface area contributed by atoms with Gasteiger partial charge in [-0.25, -0.2) is 9.13 Å². The molecule has 83 heavy (non-hydrogen) atoms. The quantitative estimate of drug-likeness (QED) is 0.0104. The molecule has 0 fully saturated rings. The van der Waals surface area contributed by atoms with E-state index >= 15 is 0 Å². The minimum atomic E-state index is -4.14. The lowest BCUT2D eigenvalue weighted by Gasteiger charge is -2.21. The minimum absolute atomic E-state index is 0.0365. The van der Waals surface area contributed by atoms with E-state index in [2.05, 4.69) is 60.9 Å². The molecule has 0 spiro atoms. The summed E-state index contributed by atoms with van der Waals surface area (Å²) in [6.07, 6.45) is 38.7. The molecule has 0 saturated carbocycles. The lowest BCUT2D eigenvalue weighted by Crippen LogP contribution is -2.23. The van der Waals surface area contributed by atoms with Crippen molar-refractivity contribution in [2.24, 2.45) is 10.2 Å². The van der Waals surface area contributed by atoms with Crippen LogP contribution in [-0.2, 0) is 64.8 Å². The van der Waals surface area contributed by atoms with Crippen LogP contribution in [0.3, 0.4) is 0 Å². The van der Waals surface area contributed by atoms with Gasteiger partial charge in [-0.05, 0) is 68.8 Å². The lowest BCUT2D eigenvalue weighted by molar-refractivity contribution is -0.151. The molecule has 0 aromatic heterocycles. The van der Waals surface area contributed by atoms with Crippen LogP contribution in [0.2, 0.25) is 0 Å². The first-order chi connectivity index (χ1) is 40.5. The maximum atomic E-state index is 13.6. The van der Waals surface area contributed by atoms with Crippen LogP contribution in [-0.4, -0.2) is 102 Å². The number of carbonyl (C=O) groups excluding carboxylic acids is 2. The molecule has 0 bridgehead atoms. The molecule has 0 radical (unpaired) electrons. The summed E-state index contributed by atoms with van der Waals surface area (Å²) in [5, 5.41) is 7.55. The van der Waals surface area contributed by atoms with Gasteiger partial charge in [-0.2, -0.15) is 0 Å². The second-order valence-electron chi connectivity index (χ2n) is 21.6. The number of esters is 2. The molecule has 6 atom stereocenters. The van der Waals surface area contributed by atoms with Crippen LogP contribution in [0.1, 0.15) is 265 Å². The largest absolute Gasteiger partial charge is 0.475 e. The van der Waals surface area contributed by atoms with Gasteiger partial charge in [-0.3, -0.25) is 36.7 Å². The van der Waals surface area contributed by atoms with Gasteiger partial charge >= 0.3 is 27.6 Å². The fourth-order valence-corrected chi connectivity index (χ4v) is 11.4. The molecule has 0 heterocycles. The first-order valence-corrected chi connectivity index (χ1v) is 35.3. The maximum absolute atomic E-state index is 13.6. The Bertz CT molecular complexity index is 1640. The number of phosphoric ester groups is 2. The number of hydrogen-bond acceptors (Lipinski definition) is 16. The van der Waals surface area contributed by atoms with Crippen LogP contribution in [0.25, 0.3) is 20.9 Å². The number of ether oxygens (including phenoxy) is 4. The number of carbonyl (C=O) groups is 2. The van der Waals surface area contributed by atoms with E-state index in [0.717, 1.165) is 103 Å². The van der Waals surface area contributed by atoms with Gasteiger partial charge in [0.05, 0.1) is 78.2 Å². The van der Waals surface area contributed by atoms with Gasteiger partial charge in [0.25, 0.3) is 0 Å². The molecule has 0 saturated heterocycles. The number of unbranched alkanes of at least 4 members (excludes halogenated alkanes) is 26. The molecule has 6 unspecified atom stereocenters. The Morgan fingerprint density at radius 3 is 1.05 bits per heavy atom. The Balaban J connectivity index is 5.11. The van der Waals surface area contributed by atoms with Crippen LogP contribution < -0.4 is 0 Å². The average Bonchev–Trinajstić information content (AvgIpc) is 3.48. The van der Waals surface area contributed by atoms with Gasteiger partial charge in [0, 0.05) is 35.5 Å². The SMILES string of the molecule is C=CCOP(=O)(OCCCCCOP(=O)(OCC=C)OCC(COCCC(CCCCCCC)OC(=O)CCCCCCCCCCC)N=[N+]=[N-])OCC(COCCC(CCCCCCC)OC(=O)CCCCCCCCCCC)N=[N+]=[N-]. The number of phosphoric acid groups is 2. The van der Waals surface area contributed by atoms with Crippen molar-refractivity contribution in [2.75, 3.05) is 66.1 Å². The summed E-state index contributed by atoms with van der Waals surface area (Å²) in [7, 11) is -8.29. The average molecular weight is 1220 g/mol. The molecule has 0 amide bonds. The number of azide groups is 2. The highest BCUT2D eigenvalue weighted by molar-refractivity contribution is 7.48. The standard InChI is InChI=1S/C61H116N6O14P2/c1-7-13-17-21-23-25-27-31-36-42-60(68)80-58(40-34-29-19-15-9-3)44-50-72-52-56(64-66-62)54-78-82(70,74-46-11-5)76-48-38-33-39-49-77-83(71,75-47-12-6)79-55-57(65-67-63)53-73-51-45-59(41-35-30-20-16-10-4)81-61(69)43-37-32-28-26-24-22-18-14-8-2/h11-12,56-59H,5-10,13-55H2,1-4H3. The highest BCUT2D eigenvalue weighted by Gasteiger charge is 2.30. The zero-order chi connectivity index (χ0) is 61.0. The van der Waals surface area contributed by atoms with Crippen molar-refractivity contribution in [3.8, 4) is 0 Å². The molecule has 0 aliphatic heterocycles. The van der Waals surface area contributed by atoms with Crippen LogP contribution in [0.5, 0.6) is 0 Å². The predicted octanol–water partition coefficient (Wildman–Crippen LogP) is 19.4. The first-order valence-electron chi connectivity index (χ1n) is 32.4. The molecule has 0 rings (SSSR count). The van der Waals surface area contributed by atoms with Gasteiger partial charge in [0.1, 0.15) is 12.2 Å². The summed E-state index contributed by atoms with van der Waals surface area (Å²) in [4.78, 5) is 31.5. The van der Waals surface area contributed by atoms with E-state index in [0.29, 0.717) is 44.9 Å². The van der Waals surface area contributed by atoms with E-state index in [1.807, 2.05) is 0 Å². The van der Waals surface area contributed by atoms with E-state index in [-0.39, 0.29) is 90.2 Å². The van der Waals surface area contributed by atoms with Crippen molar-refractivity contribution in [1.82, 2.24) is 0 Å². The Kier molecular flexibility index (Phi) is 57.5. The molecular formula is C61H116N6O14P2. The van der Waals surface area contributed by atoms with Crippen LogP contribution in [0, 0.1) is 0 Å². The Morgan fingerprint density at radius 1 is 0.410 bits per heavy atom. The Hall–Kier alpha value is -2.82. The minimum Gasteiger partial charge on any atom is -0.462 e. The highest BCUT2D eigenvalue weighted by atomic mass is 31.2. The second-order valence-corrected chi connectivity index (χ2v) is 25.0. The fraction of sp³-hybridized carbons (Fsp3) is 0.902. The van der Waals surface area contributed by atoms with E-state index in [1.165, 1.54) is 102 Å². The van der Waals surface area contributed by atoms with Crippen molar-refractivity contribution in [2.45, 2.75) is 290 Å². The van der Waals surface area contributed by atoms with E-state index in [9.17, 15) is 29.8 Å². The molecule has 0 aliphatic rings. The zero-order valence-electron chi connectivity index (χ0n) is 52.4. The normalized spacial score (nSPS) is 14.3. The van der Waals surface area contributed by atoms with Crippen molar-refractivity contribution in [1.29, 1.82) is 0 Å². The third-order valence-corrected chi connectivity index (χ3v) is 16.7.